The van der Waals surface area contributed by atoms with E-state index in [1.54, 1.807) is 0 Å². The highest BCUT2D eigenvalue weighted by atomic mass is 19.2. The van der Waals surface area contributed by atoms with E-state index in [1.165, 1.54) is 7.11 Å². The van der Waals surface area contributed by atoms with Crippen LogP contribution in [0.3, 0.4) is 0 Å². The van der Waals surface area contributed by atoms with Crippen molar-refractivity contribution in [3.63, 3.8) is 0 Å². The fourth-order valence-corrected chi connectivity index (χ4v) is 1.34. The van der Waals surface area contributed by atoms with Gasteiger partial charge in [-0.15, -0.1) is 0 Å². The second-order valence-electron chi connectivity index (χ2n) is 3.59. The number of nitrogens with two attached hydrogens (primary N) is 1. The number of rotatable bonds is 4. The Kier molecular flexibility index (Phi) is 4.03. The van der Waals surface area contributed by atoms with Crippen molar-refractivity contribution in [3.8, 4) is 5.75 Å². The maximum atomic E-state index is 13.0. The molecule has 0 spiro atoms. The average molecular weight is 215 g/mol. The van der Waals surface area contributed by atoms with Gasteiger partial charge >= 0.3 is 0 Å². The molecule has 0 radical (unpaired) electrons. The maximum Gasteiger partial charge on any atom is 0.162 e. The van der Waals surface area contributed by atoms with Gasteiger partial charge in [0.2, 0.25) is 0 Å². The van der Waals surface area contributed by atoms with Crippen LogP contribution in [0.4, 0.5) is 8.78 Å². The molecule has 1 rings (SSSR count). The number of halogens is 2. The van der Waals surface area contributed by atoms with Gasteiger partial charge in [-0.25, -0.2) is 8.78 Å². The lowest BCUT2D eigenvalue weighted by atomic mass is 10.1. The van der Waals surface area contributed by atoms with Crippen LogP contribution in [-0.2, 0) is 6.42 Å². The average Bonchev–Trinajstić information content (AvgIpc) is 2.19. The van der Waals surface area contributed by atoms with Crippen molar-refractivity contribution in [2.75, 3.05) is 7.11 Å². The van der Waals surface area contributed by atoms with Crippen molar-refractivity contribution in [2.24, 2.45) is 5.73 Å². The molecule has 0 saturated carbocycles. The Bertz CT molecular complexity index is 340. The van der Waals surface area contributed by atoms with Crippen LogP contribution < -0.4 is 10.5 Å². The zero-order valence-electron chi connectivity index (χ0n) is 8.89. The predicted molar refractivity (Wildman–Crippen MR) is 54.9 cm³/mol. The molecule has 0 fully saturated rings. The van der Waals surface area contributed by atoms with Crippen molar-refractivity contribution in [3.05, 3.63) is 29.3 Å². The molecule has 0 saturated heterocycles. The lowest BCUT2D eigenvalue weighted by molar-refractivity contribution is 0.399. The molecule has 0 aliphatic heterocycles. The normalized spacial score (nSPS) is 12.6. The van der Waals surface area contributed by atoms with Gasteiger partial charge in [-0.1, -0.05) is 0 Å². The lowest BCUT2D eigenvalue weighted by Gasteiger charge is -2.10. The fraction of sp³-hybridized carbons (Fsp3) is 0.455. The molecule has 15 heavy (non-hydrogen) atoms. The van der Waals surface area contributed by atoms with Crippen LogP contribution in [0, 0.1) is 11.6 Å². The molecule has 0 bridgehead atoms. The van der Waals surface area contributed by atoms with E-state index >= 15 is 0 Å². The lowest BCUT2D eigenvalue weighted by Crippen LogP contribution is -2.15. The number of benzene rings is 1. The van der Waals surface area contributed by atoms with Gasteiger partial charge in [0.15, 0.2) is 11.6 Å². The van der Waals surface area contributed by atoms with Crippen LogP contribution in [0.2, 0.25) is 0 Å². The summed E-state index contributed by atoms with van der Waals surface area (Å²) in [4.78, 5) is 0. The summed E-state index contributed by atoms with van der Waals surface area (Å²) in [7, 11) is 1.43. The quantitative estimate of drug-likeness (QED) is 0.836. The number of hydrogen-bond donors (Lipinski definition) is 1. The molecule has 1 aromatic rings. The van der Waals surface area contributed by atoms with E-state index in [-0.39, 0.29) is 6.04 Å². The summed E-state index contributed by atoms with van der Waals surface area (Å²) in [5.41, 5.74) is 6.24. The van der Waals surface area contributed by atoms with Gasteiger partial charge in [0.25, 0.3) is 0 Å². The Balaban J connectivity index is 2.89. The highest BCUT2D eigenvalue weighted by Crippen LogP contribution is 2.23. The van der Waals surface area contributed by atoms with Gasteiger partial charge < -0.3 is 10.5 Å². The van der Waals surface area contributed by atoms with Gasteiger partial charge in [0.05, 0.1) is 7.11 Å². The summed E-state index contributed by atoms with van der Waals surface area (Å²) in [5.74, 6) is -1.37. The highest BCUT2D eigenvalue weighted by molar-refractivity contribution is 5.34. The fourth-order valence-electron chi connectivity index (χ4n) is 1.34. The molecule has 84 valence electrons. The third kappa shape index (κ3) is 3.16. The van der Waals surface area contributed by atoms with Gasteiger partial charge in [0.1, 0.15) is 5.75 Å². The monoisotopic (exact) mass is 215 g/mol. The van der Waals surface area contributed by atoms with E-state index in [4.69, 9.17) is 10.5 Å². The molecular formula is C11H15F2NO. The van der Waals surface area contributed by atoms with Crippen LogP contribution in [0.25, 0.3) is 0 Å². The Hall–Kier alpha value is -1.16. The molecule has 1 atom stereocenters. The van der Waals surface area contributed by atoms with Crippen molar-refractivity contribution in [2.45, 2.75) is 25.8 Å². The van der Waals surface area contributed by atoms with E-state index in [9.17, 15) is 8.78 Å². The standard InChI is InChI=1S/C11H15F2NO/c1-7(14)3-4-8-5-9(12)10(13)6-11(8)15-2/h5-7H,3-4,14H2,1-2H3/t7-/m0/s1. The van der Waals surface area contributed by atoms with E-state index in [0.717, 1.165) is 12.1 Å². The zero-order chi connectivity index (χ0) is 11.4. The molecule has 1 aromatic carbocycles. The molecular weight excluding hydrogens is 200 g/mol. The summed E-state index contributed by atoms with van der Waals surface area (Å²) in [6.07, 6.45) is 1.29. The Morgan fingerprint density at radius 1 is 1.33 bits per heavy atom. The molecule has 2 N–H and O–H groups in total. The molecule has 2 nitrogen and oxygen atoms in total. The van der Waals surface area contributed by atoms with E-state index in [1.807, 2.05) is 6.92 Å². The van der Waals surface area contributed by atoms with Crippen molar-refractivity contribution in [1.82, 2.24) is 0 Å². The van der Waals surface area contributed by atoms with Crippen molar-refractivity contribution < 1.29 is 13.5 Å². The van der Waals surface area contributed by atoms with Crippen LogP contribution in [-0.4, -0.2) is 13.2 Å². The SMILES string of the molecule is COc1cc(F)c(F)cc1CC[C@H](C)N. The van der Waals surface area contributed by atoms with Crippen LogP contribution in [0.15, 0.2) is 12.1 Å². The van der Waals surface area contributed by atoms with E-state index in [0.29, 0.717) is 24.2 Å². The van der Waals surface area contributed by atoms with Crippen LogP contribution in [0.1, 0.15) is 18.9 Å². The highest BCUT2D eigenvalue weighted by Gasteiger charge is 2.10. The van der Waals surface area contributed by atoms with E-state index in [2.05, 4.69) is 0 Å². The first kappa shape index (κ1) is 11.9. The summed E-state index contributed by atoms with van der Waals surface area (Å²) >= 11 is 0. The summed E-state index contributed by atoms with van der Waals surface area (Å²) < 4.78 is 30.8. The smallest absolute Gasteiger partial charge is 0.162 e. The van der Waals surface area contributed by atoms with Gasteiger partial charge in [0, 0.05) is 12.1 Å². The molecule has 0 aromatic heterocycles. The molecule has 4 heteroatoms. The first-order chi connectivity index (χ1) is 7.04. The zero-order valence-corrected chi connectivity index (χ0v) is 8.89. The number of ether oxygens (including phenoxy) is 1. The van der Waals surface area contributed by atoms with Crippen molar-refractivity contribution >= 4 is 0 Å². The van der Waals surface area contributed by atoms with Crippen LogP contribution in [0.5, 0.6) is 5.75 Å². The number of methoxy groups -OCH3 is 1. The summed E-state index contributed by atoms with van der Waals surface area (Å²) in [6.45, 7) is 1.87. The molecule has 0 aliphatic carbocycles. The third-order valence-corrected chi connectivity index (χ3v) is 2.19. The topological polar surface area (TPSA) is 35.2 Å². The van der Waals surface area contributed by atoms with Gasteiger partial charge in [-0.05, 0) is 31.4 Å². The van der Waals surface area contributed by atoms with Crippen LogP contribution >= 0.6 is 0 Å². The van der Waals surface area contributed by atoms with E-state index < -0.39 is 11.6 Å². The minimum absolute atomic E-state index is 0.0304. The molecule has 0 heterocycles. The predicted octanol–water partition coefficient (Wildman–Crippen LogP) is 2.25. The Morgan fingerprint density at radius 2 is 1.93 bits per heavy atom. The number of hydrogen-bond acceptors (Lipinski definition) is 2. The molecule has 0 aliphatic rings. The first-order valence-corrected chi connectivity index (χ1v) is 4.82. The minimum atomic E-state index is -0.892. The van der Waals surface area contributed by atoms with Gasteiger partial charge in [-0.2, -0.15) is 0 Å². The maximum absolute atomic E-state index is 13.0. The first-order valence-electron chi connectivity index (χ1n) is 4.82. The van der Waals surface area contributed by atoms with Crippen molar-refractivity contribution in [1.29, 1.82) is 0 Å². The Labute approximate surface area is 88.0 Å². The summed E-state index contributed by atoms with van der Waals surface area (Å²) in [5, 5.41) is 0. The number of aryl methyl sites for hydroxylation is 1. The molecule has 0 amide bonds. The summed E-state index contributed by atoms with van der Waals surface area (Å²) in [6, 6.07) is 2.25. The Morgan fingerprint density at radius 3 is 2.47 bits per heavy atom. The minimum Gasteiger partial charge on any atom is -0.496 e. The third-order valence-electron chi connectivity index (χ3n) is 2.19. The second-order valence-corrected chi connectivity index (χ2v) is 3.59. The second kappa shape index (κ2) is 5.07. The van der Waals surface area contributed by atoms with Gasteiger partial charge in [-0.3, -0.25) is 0 Å². The molecule has 0 unspecified atom stereocenters. The largest absolute Gasteiger partial charge is 0.496 e.